The van der Waals surface area contributed by atoms with Gasteiger partial charge in [-0.15, -0.1) is 0 Å². The zero-order valence-electron chi connectivity index (χ0n) is 12.4. The molecule has 0 bridgehead atoms. The van der Waals surface area contributed by atoms with E-state index >= 15 is 0 Å². The van der Waals surface area contributed by atoms with Crippen molar-refractivity contribution in [3.05, 3.63) is 65.2 Å². The van der Waals surface area contributed by atoms with Crippen molar-refractivity contribution in [2.45, 2.75) is 26.8 Å². The highest BCUT2D eigenvalue weighted by atomic mass is 14.8. The molecule has 1 unspecified atom stereocenters. The van der Waals surface area contributed by atoms with Crippen molar-refractivity contribution >= 4 is 11.9 Å². The van der Waals surface area contributed by atoms with Gasteiger partial charge in [0.05, 0.1) is 6.04 Å². The molecule has 104 valence electrons. The summed E-state index contributed by atoms with van der Waals surface area (Å²) in [6, 6.07) is 16.4. The fourth-order valence-electron chi connectivity index (χ4n) is 2.21. The minimum Gasteiger partial charge on any atom is -0.398 e. The van der Waals surface area contributed by atoms with Crippen molar-refractivity contribution in [2.75, 3.05) is 5.73 Å². The van der Waals surface area contributed by atoms with Crippen molar-refractivity contribution in [3.63, 3.8) is 0 Å². The molecule has 20 heavy (non-hydrogen) atoms. The predicted octanol–water partition coefficient (Wildman–Crippen LogP) is 4.39. The van der Waals surface area contributed by atoms with Gasteiger partial charge >= 0.3 is 0 Å². The van der Waals surface area contributed by atoms with Gasteiger partial charge in [-0.3, -0.25) is 4.99 Å². The summed E-state index contributed by atoms with van der Waals surface area (Å²) in [5.74, 6) is 0.404. The maximum absolute atomic E-state index is 6.07. The topological polar surface area (TPSA) is 38.4 Å². The van der Waals surface area contributed by atoms with Crippen molar-refractivity contribution in [1.82, 2.24) is 0 Å². The molecule has 1 atom stereocenters. The highest BCUT2D eigenvalue weighted by Crippen LogP contribution is 2.29. The van der Waals surface area contributed by atoms with E-state index in [9.17, 15) is 0 Å². The Bertz CT molecular complexity index is 583. The fourth-order valence-corrected chi connectivity index (χ4v) is 2.21. The summed E-state index contributed by atoms with van der Waals surface area (Å²) in [5.41, 5.74) is 10.4. The molecule has 0 spiro atoms. The lowest BCUT2D eigenvalue weighted by Gasteiger charge is -2.18. The Balaban J connectivity index is 2.26. The predicted molar refractivity (Wildman–Crippen MR) is 87.2 cm³/mol. The summed E-state index contributed by atoms with van der Waals surface area (Å²) in [5, 5.41) is 0. The van der Waals surface area contributed by atoms with E-state index in [1.165, 1.54) is 5.56 Å². The molecule has 0 aromatic heterocycles. The molecule has 2 N–H and O–H groups in total. The number of hydrogen-bond donors (Lipinski definition) is 1. The smallest absolute Gasteiger partial charge is 0.0791 e. The quantitative estimate of drug-likeness (QED) is 0.646. The minimum atomic E-state index is 0.0949. The van der Waals surface area contributed by atoms with Crippen LogP contribution in [0.3, 0.4) is 0 Å². The molecule has 0 aliphatic carbocycles. The molecule has 0 fully saturated rings. The van der Waals surface area contributed by atoms with Crippen LogP contribution in [0.2, 0.25) is 0 Å². The first kappa shape index (κ1) is 14.3. The van der Waals surface area contributed by atoms with Gasteiger partial charge in [0.25, 0.3) is 0 Å². The largest absolute Gasteiger partial charge is 0.398 e. The van der Waals surface area contributed by atoms with E-state index in [1.54, 1.807) is 0 Å². The van der Waals surface area contributed by atoms with E-state index < -0.39 is 0 Å². The highest BCUT2D eigenvalue weighted by Gasteiger charge is 2.16. The van der Waals surface area contributed by atoms with Crippen LogP contribution in [0.15, 0.2) is 53.5 Å². The molecule has 0 radical (unpaired) electrons. The Kier molecular flexibility index (Phi) is 4.57. The number of rotatable bonds is 4. The van der Waals surface area contributed by atoms with Crippen LogP contribution in [0.1, 0.15) is 36.6 Å². The van der Waals surface area contributed by atoms with E-state index in [0.717, 1.165) is 16.8 Å². The van der Waals surface area contributed by atoms with Crippen LogP contribution in [0.5, 0.6) is 0 Å². The number of hydrogen-bond acceptors (Lipinski definition) is 2. The molecule has 0 amide bonds. The lowest BCUT2D eigenvalue weighted by molar-refractivity contribution is 0.520. The SMILES string of the molecule is Cc1ccc(C=NC(c2ccccc2N)C(C)C)cc1. The van der Waals surface area contributed by atoms with Crippen LogP contribution in [-0.2, 0) is 0 Å². The molecular formula is C18H22N2. The van der Waals surface area contributed by atoms with Crippen molar-refractivity contribution in [2.24, 2.45) is 10.9 Å². The molecule has 2 rings (SSSR count). The molecule has 2 nitrogen and oxygen atoms in total. The number of nitrogen functional groups attached to an aromatic ring is 1. The van der Waals surface area contributed by atoms with Gasteiger partial charge in [-0.2, -0.15) is 0 Å². The van der Waals surface area contributed by atoms with E-state index in [-0.39, 0.29) is 6.04 Å². The van der Waals surface area contributed by atoms with Crippen LogP contribution in [0, 0.1) is 12.8 Å². The number of nitrogens with two attached hydrogens (primary N) is 1. The van der Waals surface area contributed by atoms with Crippen molar-refractivity contribution < 1.29 is 0 Å². The summed E-state index contributed by atoms with van der Waals surface area (Å²) in [7, 11) is 0. The summed E-state index contributed by atoms with van der Waals surface area (Å²) in [6.45, 7) is 6.43. The number of para-hydroxylation sites is 1. The standard InChI is InChI=1S/C18H22N2/c1-13(2)18(16-6-4-5-7-17(16)19)20-12-15-10-8-14(3)9-11-15/h4-13,18H,19H2,1-3H3. The van der Waals surface area contributed by atoms with Gasteiger partial charge in [-0.05, 0) is 30.0 Å². The van der Waals surface area contributed by atoms with Crippen molar-refractivity contribution in [1.29, 1.82) is 0 Å². The third-order valence-corrected chi connectivity index (χ3v) is 3.41. The molecule has 0 aliphatic rings. The van der Waals surface area contributed by atoms with E-state index in [2.05, 4.69) is 51.1 Å². The van der Waals surface area contributed by atoms with Crippen LogP contribution in [0.25, 0.3) is 0 Å². The lowest BCUT2D eigenvalue weighted by atomic mass is 9.95. The van der Waals surface area contributed by atoms with Crippen LogP contribution in [0.4, 0.5) is 5.69 Å². The van der Waals surface area contributed by atoms with Gasteiger partial charge in [0.1, 0.15) is 0 Å². The van der Waals surface area contributed by atoms with Gasteiger partial charge in [-0.1, -0.05) is 61.9 Å². The Labute approximate surface area is 121 Å². The Morgan fingerprint density at radius 1 is 1.00 bits per heavy atom. The molecule has 0 saturated heterocycles. The maximum Gasteiger partial charge on any atom is 0.0791 e. The van der Waals surface area contributed by atoms with Gasteiger partial charge in [0.2, 0.25) is 0 Å². The molecule has 2 aromatic carbocycles. The first-order valence-corrected chi connectivity index (χ1v) is 7.02. The zero-order valence-corrected chi connectivity index (χ0v) is 12.4. The van der Waals surface area contributed by atoms with Gasteiger partial charge in [0, 0.05) is 11.9 Å². The first-order valence-electron chi connectivity index (χ1n) is 7.02. The Hall–Kier alpha value is -2.09. The molecule has 2 aromatic rings. The second-order valence-electron chi connectivity index (χ2n) is 5.51. The third-order valence-electron chi connectivity index (χ3n) is 3.41. The normalized spacial score (nSPS) is 13.0. The van der Waals surface area contributed by atoms with Gasteiger partial charge in [0.15, 0.2) is 0 Å². The van der Waals surface area contributed by atoms with Gasteiger partial charge < -0.3 is 5.73 Å². The molecule has 0 aliphatic heterocycles. The molecule has 0 heterocycles. The summed E-state index contributed by atoms with van der Waals surface area (Å²) in [4.78, 5) is 4.75. The minimum absolute atomic E-state index is 0.0949. The Morgan fingerprint density at radius 3 is 2.25 bits per heavy atom. The third kappa shape index (κ3) is 3.47. The highest BCUT2D eigenvalue weighted by molar-refractivity contribution is 5.80. The number of benzene rings is 2. The average molecular weight is 266 g/mol. The second kappa shape index (κ2) is 6.38. The summed E-state index contributed by atoms with van der Waals surface area (Å²) >= 11 is 0. The van der Waals surface area contributed by atoms with Gasteiger partial charge in [-0.25, -0.2) is 0 Å². The van der Waals surface area contributed by atoms with Crippen LogP contribution < -0.4 is 5.73 Å². The zero-order chi connectivity index (χ0) is 14.5. The Morgan fingerprint density at radius 2 is 1.65 bits per heavy atom. The number of nitrogens with zero attached hydrogens (tertiary/aromatic N) is 1. The molecular weight excluding hydrogens is 244 g/mol. The van der Waals surface area contributed by atoms with Crippen LogP contribution in [-0.4, -0.2) is 6.21 Å². The van der Waals surface area contributed by atoms with E-state index in [0.29, 0.717) is 5.92 Å². The maximum atomic E-state index is 6.07. The lowest BCUT2D eigenvalue weighted by Crippen LogP contribution is -2.07. The number of anilines is 1. The van der Waals surface area contributed by atoms with Crippen LogP contribution >= 0.6 is 0 Å². The summed E-state index contributed by atoms with van der Waals surface area (Å²) < 4.78 is 0. The number of aliphatic imine (C=N–C) groups is 1. The second-order valence-corrected chi connectivity index (χ2v) is 5.51. The fraction of sp³-hybridized carbons (Fsp3) is 0.278. The van der Waals surface area contributed by atoms with E-state index in [1.807, 2.05) is 24.4 Å². The monoisotopic (exact) mass is 266 g/mol. The average Bonchev–Trinajstić information content (AvgIpc) is 2.42. The first-order chi connectivity index (χ1) is 9.58. The molecule has 0 saturated carbocycles. The number of aryl methyl sites for hydroxylation is 1. The van der Waals surface area contributed by atoms with Crippen molar-refractivity contribution in [3.8, 4) is 0 Å². The van der Waals surface area contributed by atoms with E-state index in [4.69, 9.17) is 10.7 Å². The molecule has 2 heteroatoms. The summed E-state index contributed by atoms with van der Waals surface area (Å²) in [6.07, 6.45) is 1.94.